The zero-order valence-corrected chi connectivity index (χ0v) is 11.4. The number of sulfone groups is 1. The van der Waals surface area contributed by atoms with Gasteiger partial charge in [-0.15, -0.1) is 0 Å². The second-order valence-electron chi connectivity index (χ2n) is 3.87. The van der Waals surface area contributed by atoms with Crippen molar-refractivity contribution >= 4 is 21.4 Å². The lowest BCUT2D eigenvalue weighted by atomic mass is 10.1. The summed E-state index contributed by atoms with van der Waals surface area (Å²) < 4.78 is 27.7. The Morgan fingerprint density at radius 1 is 1.41 bits per heavy atom. The minimum Gasteiger partial charge on any atom is -0.495 e. The van der Waals surface area contributed by atoms with Gasteiger partial charge in [0.2, 0.25) is 0 Å². The molecule has 2 unspecified atom stereocenters. The van der Waals surface area contributed by atoms with Crippen LogP contribution in [0.3, 0.4) is 0 Å². The van der Waals surface area contributed by atoms with Crippen LogP contribution >= 0.6 is 11.6 Å². The molecule has 0 amide bonds. The van der Waals surface area contributed by atoms with Gasteiger partial charge in [-0.1, -0.05) is 17.7 Å². The highest BCUT2D eigenvalue weighted by molar-refractivity contribution is 7.91. The molecule has 1 aromatic carbocycles. The number of hydrogen-bond donors (Lipinski definition) is 1. The maximum absolute atomic E-state index is 11.4. The lowest BCUT2D eigenvalue weighted by Gasteiger charge is -2.18. The highest BCUT2D eigenvalue weighted by Gasteiger charge is 2.25. The van der Waals surface area contributed by atoms with Gasteiger partial charge in [0.05, 0.1) is 23.5 Å². The quantitative estimate of drug-likeness (QED) is 0.912. The Kier molecular flexibility index (Phi) is 4.41. The molecule has 1 rings (SSSR count). The van der Waals surface area contributed by atoms with E-state index in [1.165, 1.54) is 20.1 Å². The molecule has 1 N–H and O–H groups in total. The lowest BCUT2D eigenvalue weighted by Crippen LogP contribution is -2.24. The maximum atomic E-state index is 11.4. The maximum Gasteiger partial charge on any atom is 0.152 e. The molecule has 96 valence electrons. The largest absolute Gasteiger partial charge is 0.495 e. The summed E-state index contributed by atoms with van der Waals surface area (Å²) >= 11 is 5.85. The fourth-order valence-corrected chi connectivity index (χ4v) is 2.19. The molecule has 0 fully saturated rings. The van der Waals surface area contributed by atoms with Crippen LogP contribution in [-0.2, 0) is 9.84 Å². The zero-order valence-electron chi connectivity index (χ0n) is 9.84. The second kappa shape index (κ2) is 5.25. The molecule has 0 radical (unpaired) electrons. The van der Waals surface area contributed by atoms with Gasteiger partial charge in [-0.3, -0.25) is 0 Å². The summed E-state index contributed by atoms with van der Waals surface area (Å²) in [6.07, 6.45) is -0.00946. The Bertz CT molecular complexity index is 498. The van der Waals surface area contributed by atoms with Crippen LogP contribution in [0, 0.1) is 0 Å². The molecule has 0 aromatic heterocycles. The molecule has 0 saturated heterocycles. The van der Waals surface area contributed by atoms with E-state index >= 15 is 0 Å². The third-order valence-corrected chi connectivity index (χ3v) is 4.56. The first-order chi connectivity index (χ1) is 7.77. The van der Waals surface area contributed by atoms with E-state index in [1.54, 1.807) is 12.1 Å². The Labute approximate surface area is 106 Å². The number of aliphatic hydroxyl groups excluding tert-OH is 1. The van der Waals surface area contributed by atoms with Crippen molar-refractivity contribution in [2.75, 3.05) is 13.4 Å². The van der Waals surface area contributed by atoms with Crippen LogP contribution < -0.4 is 4.74 Å². The van der Waals surface area contributed by atoms with Crippen molar-refractivity contribution in [3.63, 3.8) is 0 Å². The molecule has 0 aliphatic heterocycles. The Morgan fingerprint density at radius 2 is 2.00 bits per heavy atom. The number of halogens is 1. The highest BCUT2D eigenvalue weighted by atomic mass is 35.5. The molecular weight excluding hydrogens is 264 g/mol. The predicted octanol–water partition coefficient (Wildman–Crippen LogP) is 1.82. The normalized spacial score (nSPS) is 15.4. The molecule has 17 heavy (non-hydrogen) atoms. The van der Waals surface area contributed by atoms with Crippen molar-refractivity contribution in [3.05, 3.63) is 28.8 Å². The van der Waals surface area contributed by atoms with E-state index in [2.05, 4.69) is 0 Å². The topological polar surface area (TPSA) is 63.6 Å². The van der Waals surface area contributed by atoms with E-state index in [0.29, 0.717) is 16.3 Å². The van der Waals surface area contributed by atoms with Crippen molar-refractivity contribution in [3.8, 4) is 5.75 Å². The van der Waals surface area contributed by atoms with Crippen molar-refractivity contribution in [2.24, 2.45) is 0 Å². The number of benzene rings is 1. The van der Waals surface area contributed by atoms with Gasteiger partial charge in [-0.05, 0) is 24.6 Å². The van der Waals surface area contributed by atoms with Gasteiger partial charge < -0.3 is 9.84 Å². The summed E-state index contributed by atoms with van der Waals surface area (Å²) in [7, 11) is -1.85. The molecule has 0 aliphatic rings. The molecule has 0 bridgehead atoms. The summed E-state index contributed by atoms with van der Waals surface area (Å²) in [5.74, 6) is 0.406. The first-order valence-electron chi connectivity index (χ1n) is 4.97. The molecular formula is C11H15ClO4S. The molecule has 1 aromatic rings. The predicted molar refractivity (Wildman–Crippen MR) is 67.3 cm³/mol. The number of ether oxygens (including phenoxy) is 1. The second-order valence-corrected chi connectivity index (χ2v) is 6.68. The molecule has 0 aliphatic carbocycles. The monoisotopic (exact) mass is 278 g/mol. The van der Waals surface area contributed by atoms with E-state index in [9.17, 15) is 13.5 Å². The summed E-state index contributed by atoms with van der Waals surface area (Å²) in [6, 6.07) is 4.68. The Hall–Kier alpha value is -0.780. The molecule has 0 heterocycles. The van der Waals surface area contributed by atoms with E-state index in [4.69, 9.17) is 16.3 Å². The van der Waals surface area contributed by atoms with E-state index in [-0.39, 0.29) is 0 Å². The first-order valence-corrected chi connectivity index (χ1v) is 7.31. The molecule has 6 heteroatoms. The lowest BCUT2D eigenvalue weighted by molar-refractivity contribution is 0.176. The smallest absolute Gasteiger partial charge is 0.152 e. The summed E-state index contributed by atoms with van der Waals surface area (Å²) in [5, 5.41) is 9.49. The third kappa shape index (κ3) is 3.34. The van der Waals surface area contributed by atoms with Gasteiger partial charge in [0.25, 0.3) is 0 Å². The van der Waals surface area contributed by atoms with Crippen LogP contribution in [0.1, 0.15) is 18.6 Å². The van der Waals surface area contributed by atoms with Gasteiger partial charge in [0.1, 0.15) is 5.75 Å². The number of rotatable bonds is 4. The summed E-state index contributed by atoms with van der Waals surface area (Å²) in [6.45, 7) is 1.46. The number of methoxy groups -OCH3 is 1. The molecule has 4 nitrogen and oxygen atoms in total. The first kappa shape index (κ1) is 14.3. The standard InChI is InChI=1S/C11H15ClO4S/c1-7(17(3,14)15)11(13)8-4-5-9(12)10(6-8)16-2/h4-7,11,13H,1-3H3. The van der Waals surface area contributed by atoms with Gasteiger partial charge in [-0.2, -0.15) is 0 Å². The van der Waals surface area contributed by atoms with Crippen LogP contribution in [0.5, 0.6) is 5.75 Å². The summed E-state index contributed by atoms with van der Waals surface area (Å²) in [5.41, 5.74) is 0.462. The van der Waals surface area contributed by atoms with Crippen LogP contribution in [0.25, 0.3) is 0 Å². The minimum atomic E-state index is -3.30. The molecule has 2 atom stereocenters. The van der Waals surface area contributed by atoms with Gasteiger partial charge in [-0.25, -0.2) is 8.42 Å². The minimum absolute atomic E-state index is 0.406. The van der Waals surface area contributed by atoms with Crippen molar-refractivity contribution in [2.45, 2.75) is 18.3 Å². The average molecular weight is 279 g/mol. The van der Waals surface area contributed by atoms with Gasteiger partial charge >= 0.3 is 0 Å². The van der Waals surface area contributed by atoms with Crippen molar-refractivity contribution < 1.29 is 18.3 Å². The Morgan fingerprint density at radius 3 is 2.47 bits per heavy atom. The van der Waals surface area contributed by atoms with Crippen LogP contribution in [0.4, 0.5) is 0 Å². The number of hydrogen-bond acceptors (Lipinski definition) is 4. The fraction of sp³-hybridized carbons (Fsp3) is 0.455. The van der Waals surface area contributed by atoms with E-state index in [1.807, 2.05) is 0 Å². The van der Waals surface area contributed by atoms with Gasteiger partial charge in [0, 0.05) is 6.26 Å². The molecule has 0 spiro atoms. The van der Waals surface area contributed by atoms with Crippen LogP contribution in [0.15, 0.2) is 18.2 Å². The SMILES string of the molecule is COc1cc(C(O)C(C)S(C)(=O)=O)ccc1Cl. The van der Waals surface area contributed by atoms with Crippen molar-refractivity contribution in [1.29, 1.82) is 0 Å². The zero-order chi connectivity index (χ0) is 13.2. The van der Waals surface area contributed by atoms with E-state index in [0.717, 1.165) is 6.26 Å². The van der Waals surface area contributed by atoms with E-state index < -0.39 is 21.2 Å². The van der Waals surface area contributed by atoms with Crippen LogP contribution in [0.2, 0.25) is 5.02 Å². The van der Waals surface area contributed by atoms with Gasteiger partial charge in [0.15, 0.2) is 9.84 Å². The number of aliphatic hydroxyl groups is 1. The average Bonchev–Trinajstić information content (AvgIpc) is 2.26. The molecule has 0 saturated carbocycles. The van der Waals surface area contributed by atoms with Crippen LogP contribution in [-0.4, -0.2) is 32.1 Å². The highest BCUT2D eigenvalue weighted by Crippen LogP contribution is 2.30. The fourth-order valence-electron chi connectivity index (χ4n) is 1.37. The summed E-state index contributed by atoms with van der Waals surface area (Å²) in [4.78, 5) is 0. The third-order valence-electron chi connectivity index (χ3n) is 2.64. The Balaban J connectivity index is 3.09. The van der Waals surface area contributed by atoms with Crippen molar-refractivity contribution in [1.82, 2.24) is 0 Å².